The fourth-order valence-corrected chi connectivity index (χ4v) is 2.87. The minimum Gasteiger partial charge on any atom is -0.497 e. The second-order valence-corrected chi connectivity index (χ2v) is 5.76. The molecule has 1 heterocycles. The Morgan fingerprint density at radius 3 is 2.64 bits per heavy atom. The molecule has 8 heteroatoms. The normalized spacial score (nSPS) is 19.6. The van der Waals surface area contributed by atoms with Crippen LogP contribution in [0.1, 0.15) is 11.6 Å². The fourth-order valence-electron chi connectivity index (χ4n) is 2.61. The molecule has 1 saturated heterocycles. The Kier molecular flexibility index (Phi) is 6.60. The molecule has 0 radical (unpaired) electrons. The number of ether oxygens (including phenoxy) is 4. The maximum atomic E-state index is 12.6. The van der Waals surface area contributed by atoms with E-state index >= 15 is 0 Å². The number of rotatable bonds is 7. The lowest BCUT2D eigenvalue weighted by Gasteiger charge is -2.35. The number of thiocarbonyl (C=S) groups is 1. The summed E-state index contributed by atoms with van der Waals surface area (Å²) in [5.74, 6) is 0.123. The first kappa shape index (κ1) is 19.0. The molecule has 2 rings (SSSR count). The molecule has 1 aromatic carbocycles. The molecule has 1 aliphatic rings. The molecule has 0 bridgehead atoms. The predicted octanol–water partition coefficient (Wildman–Crippen LogP) is 1.54. The molecule has 0 saturated carbocycles. The van der Waals surface area contributed by atoms with E-state index in [4.69, 9.17) is 31.2 Å². The van der Waals surface area contributed by atoms with Crippen LogP contribution in [0.5, 0.6) is 11.5 Å². The summed E-state index contributed by atoms with van der Waals surface area (Å²) < 4.78 is 20.9. The first-order valence-corrected chi connectivity index (χ1v) is 8.06. The molecule has 0 unspecified atom stereocenters. The van der Waals surface area contributed by atoms with Crippen LogP contribution in [0, 0.1) is 5.92 Å². The molecule has 1 fully saturated rings. The van der Waals surface area contributed by atoms with Crippen molar-refractivity contribution in [1.29, 1.82) is 0 Å². The van der Waals surface area contributed by atoms with Gasteiger partial charge in [-0.1, -0.05) is 6.58 Å². The molecule has 25 heavy (non-hydrogen) atoms. The van der Waals surface area contributed by atoms with E-state index in [0.717, 1.165) is 5.56 Å². The Morgan fingerprint density at radius 2 is 2.00 bits per heavy atom. The molecule has 2 atom stereocenters. The fraction of sp³-hybridized carbons (Fsp3) is 0.412. The van der Waals surface area contributed by atoms with E-state index in [1.165, 1.54) is 0 Å². The van der Waals surface area contributed by atoms with Gasteiger partial charge in [-0.05, 0) is 24.4 Å². The van der Waals surface area contributed by atoms with E-state index in [2.05, 4.69) is 17.2 Å². The van der Waals surface area contributed by atoms with Crippen LogP contribution >= 0.6 is 12.2 Å². The zero-order valence-corrected chi connectivity index (χ0v) is 15.3. The smallest absolute Gasteiger partial charge is 0.317 e. The lowest BCUT2D eigenvalue weighted by atomic mass is 9.88. The highest BCUT2D eigenvalue weighted by Crippen LogP contribution is 2.37. The Balaban J connectivity index is 2.35. The number of methoxy groups -OCH3 is 3. The van der Waals surface area contributed by atoms with Crippen LogP contribution in [0.25, 0.3) is 0 Å². The van der Waals surface area contributed by atoms with E-state index in [9.17, 15) is 4.79 Å². The summed E-state index contributed by atoms with van der Waals surface area (Å²) in [6.45, 7) is 4.41. The highest BCUT2D eigenvalue weighted by molar-refractivity contribution is 7.80. The van der Waals surface area contributed by atoms with E-state index in [1.54, 1.807) is 33.5 Å². The van der Waals surface area contributed by atoms with Crippen LogP contribution in [0.3, 0.4) is 0 Å². The van der Waals surface area contributed by atoms with E-state index < -0.39 is 17.9 Å². The molecular weight excluding hydrogens is 344 g/mol. The Hall–Kier alpha value is -2.32. The molecule has 0 amide bonds. The van der Waals surface area contributed by atoms with E-state index in [1.807, 2.05) is 6.07 Å². The van der Waals surface area contributed by atoms with Gasteiger partial charge in [0.05, 0.1) is 26.9 Å². The molecule has 0 spiro atoms. The maximum Gasteiger partial charge on any atom is 0.317 e. The number of esters is 1. The topological polar surface area (TPSA) is 78.0 Å². The highest BCUT2D eigenvalue weighted by Gasteiger charge is 2.39. The third-order valence-electron chi connectivity index (χ3n) is 3.83. The molecule has 136 valence electrons. The number of hydrogen-bond acceptors (Lipinski definition) is 6. The first-order valence-electron chi connectivity index (χ1n) is 7.65. The summed E-state index contributed by atoms with van der Waals surface area (Å²) in [6, 6.07) is 4.89. The van der Waals surface area contributed by atoms with Gasteiger partial charge in [0.2, 0.25) is 0 Å². The Morgan fingerprint density at radius 1 is 1.24 bits per heavy atom. The van der Waals surface area contributed by atoms with Crippen LogP contribution in [0.15, 0.2) is 30.5 Å². The highest BCUT2D eigenvalue weighted by atomic mass is 32.1. The summed E-state index contributed by atoms with van der Waals surface area (Å²) in [5, 5.41) is 6.38. The van der Waals surface area contributed by atoms with Crippen molar-refractivity contribution in [1.82, 2.24) is 10.6 Å². The monoisotopic (exact) mass is 366 g/mol. The van der Waals surface area contributed by atoms with Crippen LogP contribution < -0.4 is 20.1 Å². The van der Waals surface area contributed by atoms with Crippen molar-refractivity contribution < 1.29 is 23.7 Å². The second-order valence-electron chi connectivity index (χ2n) is 5.35. The van der Waals surface area contributed by atoms with Crippen molar-refractivity contribution in [2.24, 2.45) is 5.92 Å². The summed E-state index contributed by atoms with van der Waals surface area (Å²) in [5.41, 5.74) is 1.22. The number of benzene rings is 1. The zero-order valence-electron chi connectivity index (χ0n) is 14.5. The number of nitrogens with one attached hydrogen (secondary N) is 2. The van der Waals surface area contributed by atoms with E-state index in [0.29, 0.717) is 28.9 Å². The first-order chi connectivity index (χ1) is 12.0. The predicted molar refractivity (Wildman–Crippen MR) is 96.6 cm³/mol. The van der Waals surface area contributed by atoms with Crippen LogP contribution in [-0.2, 0) is 14.3 Å². The van der Waals surface area contributed by atoms with Gasteiger partial charge >= 0.3 is 5.97 Å². The number of carbonyl (C=O) groups is 1. The van der Waals surface area contributed by atoms with Gasteiger partial charge in [-0.25, -0.2) is 0 Å². The number of hydrogen-bond donors (Lipinski definition) is 2. The molecular formula is C17H22N2O5S. The quantitative estimate of drug-likeness (QED) is 0.428. The summed E-state index contributed by atoms with van der Waals surface area (Å²) in [4.78, 5) is 12.6. The van der Waals surface area contributed by atoms with Gasteiger partial charge in [0.25, 0.3) is 0 Å². The zero-order chi connectivity index (χ0) is 18.4. The number of carbonyl (C=O) groups excluding carboxylic acids is 1. The van der Waals surface area contributed by atoms with Crippen LogP contribution in [0.2, 0.25) is 0 Å². The average molecular weight is 366 g/mol. The summed E-state index contributed by atoms with van der Waals surface area (Å²) in [6.07, 6.45) is 0. The van der Waals surface area contributed by atoms with Crippen LogP contribution in [0.4, 0.5) is 0 Å². The minimum atomic E-state index is -0.675. The standard InChI is InChI=1S/C17H22N2O5S/c1-10-14(16(20)24-8-7-21-2)15(19-17(25)18-10)12-6-5-11(22-3)9-13(12)23-4/h5-6,9,14-15H,1,7-8H2,2-4H3,(H2,18,19,25)/t14-,15+/m1/s1. The van der Waals surface area contributed by atoms with Gasteiger partial charge in [-0.15, -0.1) is 0 Å². The molecule has 1 aliphatic heterocycles. The van der Waals surface area contributed by atoms with Crippen molar-refractivity contribution >= 4 is 23.3 Å². The van der Waals surface area contributed by atoms with Gasteiger partial charge in [-0.2, -0.15) is 0 Å². The van der Waals surface area contributed by atoms with Crippen molar-refractivity contribution in [3.63, 3.8) is 0 Å². The minimum absolute atomic E-state index is 0.163. The van der Waals surface area contributed by atoms with Gasteiger partial charge in [-0.3, -0.25) is 4.79 Å². The molecule has 0 aliphatic carbocycles. The van der Waals surface area contributed by atoms with Gasteiger partial charge in [0, 0.05) is 24.4 Å². The van der Waals surface area contributed by atoms with Gasteiger partial charge in [0.15, 0.2) is 5.11 Å². The summed E-state index contributed by atoms with van der Waals surface area (Å²) >= 11 is 5.21. The molecule has 7 nitrogen and oxygen atoms in total. The molecule has 0 aromatic heterocycles. The molecule has 2 N–H and O–H groups in total. The van der Waals surface area contributed by atoms with Crippen molar-refractivity contribution in [3.05, 3.63) is 36.0 Å². The average Bonchev–Trinajstić information content (AvgIpc) is 2.60. The van der Waals surface area contributed by atoms with Gasteiger partial charge in [0.1, 0.15) is 24.0 Å². The third-order valence-corrected chi connectivity index (χ3v) is 4.05. The van der Waals surface area contributed by atoms with Crippen molar-refractivity contribution in [2.45, 2.75) is 6.04 Å². The van der Waals surface area contributed by atoms with Crippen molar-refractivity contribution in [3.8, 4) is 11.5 Å². The Bertz CT molecular complexity index is 664. The lowest BCUT2D eigenvalue weighted by Crippen LogP contribution is -2.51. The second kappa shape index (κ2) is 8.68. The largest absolute Gasteiger partial charge is 0.497 e. The summed E-state index contributed by atoms with van der Waals surface area (Å²) in [7, 11) is 4.67. The van der Waals surface area contributed by atoms with Gasteiger partial charge < -0.3 is 29.6 Å². The lowest BCUT2D eigenvalue weighted by molar-refractivity contribution is -0.149. The third kappa shape index (κ3) is 4.40. The maximum absolute atomic E-state index is 12.6. The van der Waals surface area contributed by atoms with Crippen LogP contribution in [-0.4, -0.2) is 45.6 Å². The molecule has 1 aromatic rings. The van der Waals surface area contributed by atoms with E-state index in [-0.39, 0.29) is 6.61 Å². The Labute approximate surface area is 152 Å². The SMILES string of the molecule is C=C1NC(=S)N[C@@H](c2ccc(OC)cc2OC)[C@@H]1C(=O)OCCOC. The van der Waals surface area contributed by atoms with Crippen molar-refractivity contribution in [2.75, 3.05) is 34.5 Å².